The Morgan fingerprint density at radius 3 is 2.27 bits per heavy atom. The summed E-state index contributed by atoms with van der Waals surface area (Å²) in [5.74, 6) is 3.51. The van der Waals surface area contributed by atoms with Gasteiger partial charge in [-0.1, -0.05) is 30.3 Å². The molecule has 37 heavy (non-hydrogen) atoms. The van der Waals surface area contributed by atoms with Crippen LogP contribution in [-0.2, 0) is 16.8 Å². The van der Waals surface area contributed by atoms with Crippen molar-refractivity contribution >= 4 is 12.0 Å². The van der Waals surface area contributed by atoms with E-state index in [-0.39, 0.29) is 5.41 Å². The maximum Gasteiger partial charge on any atom is 0.328 e. The molecule has 6 heteroatoms. The molecule has 0 radical (unpaired) electrons. The van der Waals surface area contributed by atoms with E-state index in [2.05, 4.69) is 28.2 Å². The third-order valence-electron chi connectivity index (χ3n) is 8.46. The smallest absolute Gasteiger partial charge is 0.328 e. The van der Waals surface area contributed by atoms with Crippen LogP contribution in [0.3, 0.4) is 0 Å². The van der Waals surface area contributed by atoms with Gasteiger partial charge in [0.05, 0.1) is 7.11 Å². The highest BCUT2D eigenvalue weighted by Crippen LogP contribution is 2.63. The summed E-state index contributed by atoms with van der Waals surface area (Å²) in [5, 5.41) is 8.90. The number of aliphatic carboxylic acids is 1. The predicted octanol–water partition coefficient (Wildman–Crippen LogP) is 6.30. The van der Waals surface area contributed by atoms with Crippen LogP contribution in [0.4, 0.5) is 0 Å². The molecule has 0 aliphatic heterocycles. The minimum atomic E-state index is -1.000. The molecule has 1 heterocycles. The lowest BCUT2D eigenvalue weighted by Gasteiger charge is -2.57. The minimum Gasteiger partial charge on any atom is -0.493 e. The van der Waals surface area contributed by atoms with Crippen LogP contribution in [0.2, 0.25) is 0 Å². The van der Waals surface area contributed by atoms with Gasteiger partial charge in [-0.3, -0.25) is 0 Å². The number of hydrogen-bond acceptors (Lipinski definition) is 5. The molecule has 6 nitrogen and oxygen atoms in total. The fraction of sp³-hybridized carbons (Fsp3) is 0.387. The van der Waals surface area contributed by atoms with E-state index in [4.69, 9.17) is 14.6 Å². The van der Waals surface area contributed by atoms with Crippen molar-refractivity contribution < 1.29 is 19.4 Å². The molecule has 0 saturated heterocycles. The minimum absolute atomic E-state index is 0.0915. The second-order valence-electron chi connectivity index (χ2n) is 11.0. The number of hydrogen-bond donors (Lipinski definition) is 1. The first-order valence-electron chi connectivity index (χ1n) is 13.1. The van der Waals surface area contributed by atoms with Crippen LogP contribution in [0, 0.1) is 17.8 Å². The molecule has 4 saturated carbocycles. The normalized spacial score (nSPS) is 25.9. The van der Waals surface area contributed by atoms with Crippen LogP contribution in [0.25, 0.3) is 17.5 Å². The van der Waals surface area contributed by atoms with Gasteiger partial charge < -0.3 is 14.6 Å². The Bertz CT molecular complexity index is 1280. The SMILES string of the molecule is COc1cc(-c2ncc(C=CC(=O)O)cn2)cc(C23CC4CC(CC(C4)C2)C3)c1OCc1ccccc1. The largest absolute Gasteiger partial charge is 0.493 e. The highest BCUT2D eigenvalue weighted by Gasteiger charge is 2.53. The molecule has 4 aliphatic rings. The zero-order valence-corrected chi connectivity index (χ0v) is 21.1. The number of carboxylic acid groups (broad SMARTS) is 1. The number of carboxylic acids is 1. The van der Waals surface area contributed by atoms with Gasteiger partial charge in [0.25, 0.3) is 0 Å². The summed E-state index contributed by atoms with van der Waals surface area (Å²) in [6, 6.07) is 14.4. The van der Waals surface area contributed by atoms with E-state index in [0.717, 1.165) is 40.7 Å². The molecule has 7 rings (SSSR count). The van der Waals surface area contributed by atoms with Gasteiger partial charge in [0.2, 0.25) is 0 Å². The van der Waals surface area contributed by atoms with E-state index in [1.54, 1.807) is 19.5 Å². The van der Waals surface area contributed by atoms with Crippen LogP contribution < -0.4 is 9.47 Å². The number of methoxy groups -OCH3 is 1. The second kappa shape index (κ2) is 9.66. The third-order valence-corrected chi connectivity index (χ3v) is 8.46. The molecule has 4 bridgehead atoms. The van der Waals surface area contributed by atoms with Gasteiger partial charge in [-0.25, -0.2) is 14.8 Å². The topological polar surface area (TPSA) is 81.5 Å². The molecule has 3 aromatic rings. The molecule has 0 unspecified atom stereocenters. The van der Waals surface area contributed by atoms with E-state index < -0.39 is 5.97 Å². The summed E-state index contributed by atoms with van der Waals surface area (Å²) >= 11 is 0. The van der Waals surface area contributed by atoms with Crippen molar-refractivity contribution in [2.24, 2.45) is 17.8 Å². The Morgan fingerprint density at radius 2 is 1.68 bits per heavy atom. The maximum absolute atomic E-state index is 10.9. The van der Waals surface area contributed by atoms with Gasteiger partial charge in [-0.2, -0.15) is 0 Å². The van der Waals surface area contributed by atoms with Gasteiger partial charge in [0, 0.05) is 35.2 Å². The number of carbonyl (C=O) groups is 1. The summed E-state index contributed by atoms with van der Waals surface area (Å²) in [5.41, 5.74) is 3.98. The molecule has 0 amide bonds. The van der Waals surface area contributed by atoms with Gasteiger partial charge in [-0.05, 0) is 85.5 Å². The lowest BCUT2D eigenvalue weighted by Crippen LogP contribution is -2.48. The van der Waals surface area contributed by atoms with Crippen LogP contribution in [0.1, 0.15) is 55.2 Å². The third kappa shape index (κ3) is 4.73. The molecule has 4 aliphatic carbocycles. The number of rotatable bonds is 8. The van der Waals surface area contributed by atoms with E-state index in [1.165, 1.54) is 50.2 Å². The highest BCUT2D eigenvalue weighted by molar-refractivity contribution is 5.85. The van der Waals surface area contributed by atoms with Gasteiger partial charge in [-0.15, -0.1) is 0 Å². The number of benzene rings is 2. The van der Waals surface area contributed by atoms with Crippen molar-refractivity contribution in [2.75, 3.05) is 7.11 Å². The van der Waals surface area contributed by atoms with Crippen molar-refractivity contribution in [2.45, 2.75) is 50.5 Å². The summed E-state index contributed by atoms with van der Waals surface area (Å²) in [6.45, 7) is 0.483. The van der Waals surface area contributed by atoms with Crippen molar-refractivity contribution in [1.29, 1.82) is 0 Å². The zero-order valence-electron chi connectivity index (χ0n) is 21.1. The maximum atomic E-state index is 10.9. The van der Waals surface area contributed by atoms with Crippen molar-refractivity contribution in [3.05, 3.63) is 77.6 Å². The molecule has 4 fully saturated rings. The van der Waals surface area contributed by atoms with Crippen LogP contribution in [0.5, 0.6) is 11.5 Å². The van der Waals surface area contributed by atoms with Crippen LogP contribution >= 0.6 is 0 Å². The lowest BCUT2D eigenvalue weighted by molar-refractivity contribution is -0.131. The first-order valence-corrected chi connectivity index (χ1v) is 13.1. The van der Waals surface area contributed by atoms with Gasteiger partial charge in [0.15, 0.2) is 17.3 Å². The molecule has 0 spiro atoms. The Kier molecular flexibility index (Phi) is 6.19. The molecule has 2 aromatic carbocycles. The van der Waals surface area contributed by atoms with Gasteiger partial charge in [0.1, 0.15) is 6.61 Å². The average molecular weight is 497 g/mol. The van der Waals surface area contributed by atoms with Gasteiger partial charge >= 0.3 is 5.97 Å². The van der Waals surface area contributed by atoms with E-state index in [1.807, 2.05) is 24.3 Å². The molecule has 190 valence electrons. The molecular weight excluding hydrogens is 464 g/mol. The zero-order chi connectivity index (χ0) is 25.4. The monoisotopic (exact) mass is 496 g/mol. The summed E-state index contributed by atoms with van der Waals surface area (Å²) in [4.78, 5) is 20.0. The second-order valence-corrected chi connectivity index (χ2v) is 11.0. The predicted molar refractivity (Wildman–Crippen MR) is 141 cm³/mol. The fourth-order valence-electron chi connectivity index (χ4n) is 7.34. The summed E-state index contributed by atoms with van der Waals surface area (Å²) < 4.78 is 12.5. The lowest BCUT2D eigenvalue weighted by atomic mass is 9.48. The average Bonchev–Trinajstić information content (AvgIpc) is 2.90. The Labute approximate surface area is 217 Å². The standard InChI is InChI=1S/C31H32N2O4/c1-36-27-13-25(30-32-17-21(18-33-30)7-8-28(34)35)12-26(29(27)37-19-20-5-3-2-4-6-20)31-14-22-9-23(15-31)11-24(10-22)16-31/h2-8,12-13,17-18,22-24H,9-11,14-16,19H2,1H3,(H,34,35). The number of nitrogens with zero attached hydrogens (tertiary/aromatic N) is 2. The Hall–Kier alpha value is -3.67. The van der Waals surface area contributed by atoms with Crippen LogP contribution in [-0.4, -0.2) is 28.2 Å². The highest BCUT2D eigenvalue weighted by atomic mass is 16.5. The van der Waals surface area contributed by atoms with Crippen molar-refractivity contribution in [3.63, 3.8) is 0 Å². The van der Waals surface area contributed by atoms with E-state index in [0.29, 0.717) is 23.7 Å². The molecular formula is C31H32N2O4. The number of aromatic nitrogens is 2. The first-order chi connectivity index (χ1) is 18.0. The Morgan fingerprint density at radius 1 is 1.03 bits per heavy atom. The fourth-order valence-corrected chi connectivity index (χ4v) is 7.34. The molecule has 1 aromatic heterocycles. The van der Waals surface area contributed by atoms with Crippen molar-refractivity contribution in [3.8, 4) is 22.9 Å². The summed E-state index contributed by atoms with van der Waals surface area (Å²) in [7, 11) is 1.69. The van der Waals surface area contributed by atoms with Crippen molar-refractivity contribution in [1.82, 2.24) is 9.97 Å². The molecule has 1 N–H and O–H groups in total. The first kappa shape index (κ1) is 23.7. The van der Waals surface area contributed by atoms with Crippen LogP contribution in [0.15, 0.2) is 60.9 Å². The molecule has 0 atom stereocenters. The summed E-state index contributed by atoms with van der Waals surface area (Å²) in [6.07, 6.45) is 13.6. The number of ether oxygens (including phenoxy) is 2. The Balaban J connectivity index is 1.42. The van der Waals surface area contributed by atoms with E-state index in [9.17, 15) is 4.79 Å². The quantitative estimate of drug-likeness (QED) is 0.369. The van der Waals surface area contributed by atoms with E-state index >= 15 is 0 Å².